The number of fused-ring (bicyclic) bond motifs is 1. The predicted octanol–water partition coefficient (Wildman–Crippen LogP) is 3.55. The van der Waals surface area contributed by atoms with E-state index in [-0.39, 0.29) is 6.42 Å². The van der Waals surface area contributed by atoms with Crippen molar-refractivity contribution in [2.75, 3.05) is 7.11 Å². The van der Waals surface area contributed by atoms with E-state index in [9.17, 15) is 23.5 Å². The third kappa shape index (κ3) is 2.81. The molecular formula is C19H15F2NO4. The number of carboxylic acid groups (broad SMARTS) is 1. The van der Waals surface area contributed by atoms with Gasteiger partial charge in [-0.2, -0.15) is 0 Å². The van der Waals surface area contributed by atoms with Crippen molar-refractivity contribution in [3.63, 3.8) is 0 Å². The van der Waals surface area contributed by atoms with Crippen molar-refractivity contribution in [2.45, 2.75) is 13.3 Å². The molecule has 3 aromatic rings. The molecule has 5 nitrogen and oxygen atoms in total. The van der Waals surface area contributed by atoms with Crippen LogP contribution in [0.15, 0.2) is 36.4 Å². The van der Waals surface area contributed by atoms with Gasteiger partial charge < -0.3 is 9.84 Å². The second-order valence-corrected chi connectivity index (χ2v) is 5.75. The van der Waals surface area contributed by atoms with Crippen LogP contribution in [0.1, 0.15) is 21.6 Å². The highest BCUT2D eigenvalue weighted by Crippen LogP contribution is 2.31. The minimum atomic E-state index is -1.08. The van der Waals surface area contributed by atoms with Crippen LogP contribution in [-0.2, 0) is 11.2 Å². The summed E-state index contributed by atoms with van der Waals surface area (Å²) in [4.78, 5) is 24.1. The van der Waals surface area contributed by atoms with E-state index >= 15 is 0 Å². The van der Waals surface area contributed by atoms with Gasteiger partial charge in [0, 0.05) is 11.1 Å². The number of aliphatic carboxylic acids is 1. The van der Waals surface area contributed by atoms with E-state index in [4.69, 9.17) is 4.74 Å². The number of nitrogens with zero attached hydrogens (tertiary/aromatic N) is 1. The molecule has 0 spiro atoms. The van der Waals surface area contributed by atoms with Gasteiger partial charge >= 0.3 is 5.97 Å². The first-order valence-electron chi connectivity index (χ1n) is 7.73. The van der Waals surface area contributed by atoms with Gasteiger partial charge in [0.05, 0.1) is 19.0 Å². The van der Waals surface area contributed by atoms with Crippen LogP contribution in [0.25, 0.3) is 10.9 Å². The molecule has 2 aromatic carbocycles. The van der Waals surface area contributed by atoms with Gasteiger partial charge in [0.2, 0.25) is 0 Å². The van der Waals surface area contributed by atoms with E-state index in [0.29, 0.717) is 27.9 Å². The van der Waals surface area contributed by atoms with E-state index < -0.39 is 29.1 Å². The summed E-state index contributed by atoms with van der Waals surface area (Å²) in [7, 11) is 1.46. The van der Waals surface area contributed by atoms with Crippen LogP contribution in [-0.4, -0.2) is 28.7 Å². The molecular weight excluding hydrogens is 344 g/mol. The third-order valence-electron chi connectivity index (χ3n) is 4.25. The highest BCUT2D eigenvalue weighted by Gasteiger charge is 2.25. The van der Waals surface area contributed by atoms with Crippen LogP contribution < -0.4 is 4.74 Å². The molecule has 0 aliphatic rings. The predicted molar refractivity (Wildman–Crippen MR) is 90.7 cm³/mol. The lowest BCUT2D eigenvalue weighted by Crippen LogP contribution is -2.17. The first kappa shape index (κ1) is 17.6. The molecule has 1 N–H and O–H groups in total. The normalized spacial score (nSPS) is 10.9. The Hall–Kier alpha value is -3.22. The fourth-order valence-electron chi connectivity index (χ4n) is 3.04. The number of carbonyl (C=O) groups is 2. The van der Waals surface area contributed by atoms with Gasteiger partial charge in [-0.3, -0.25) is 14.2 Å². The van der Waals surface area contributed by atoms with Gasteiger partial charge in [-0.1, -0.05) is 6.07 Å². The van der Waals surface area contributed by atoms with Crippen LogP contribution in [0.4, 0.5) is 8.78 Å². The lowest BCUT2D eigenvalue weighted by molar-refractivity contribution is -0.136. The number of carbonyl (C=O) groups excluding carboxylic acids is 1. The summed E-state index contributed by atoms with van der Waals surface area (Å²) in [6, 6.07) is 7.92. The Labute approximate surface area is 147 Å². The summed E-state index contributed by atoms with van der Waals surface area (Å²) in [5, 5.41) is 9.67. The zero-order chi connectivity index (χ0) is 19.0. The molecule has 3 rings (SSSR count). The Morgan fingerprint density at radius 1 is 1.15 bits per heavy atom. The minimum absolute atomic E-state index is 0.309. The molecule has 1 aromatic heterocycles. The standard InChI is InChI=1S/C19H15F2NO4/c1-10-12(9-17(23)24)13-8-11(26-2)6-7-16(13)22(10)19(25)18-14(20)4-3-5-15(18)21/h3-8H,9H2,1-2H3,(H,23,24). The number of rotatable bonds is 4. The maximum atomic E-state index is 14.1. The summed E-state index contributed by atoms with van der Waals surface area (Å²) < 4.78 is 34.4. The minimum Gasteiger partial charge on any atom is -0.497 e. The van der Waals surface area contributed by atoms with E-state index in [0.717, 1.165) is 16.7 Å². The van der Waals surface area contributed by atoms with Crippen molar-refractivity contribution in [1.29, 1.82) is 0 Å². The third-order valence-corrected chi connectivity index (χ3v) is 4.25. The molecule has 0 aliphatic carbocycles. The molecule has 0 saturated heterocycles. The fourth-order valence-corrected chi connectivity index (χ4v) is 3.04. The maximum absolute atomic E-state index is 14.1. The van der Waals surface area contributed by atoms with Crippen molar-refractivity contribution in [2.24, 2.45) is 0 Å². The second-order valence-electron chi connectivity index (χ2n) is 5.75. The average Bonchev–Trinajstić information content (AvgIpc) is 2.85. The highest BCUT2D eigenvalue weighted by molar-refractivity contribution is 6.05. The molecule has 1 heterocycles. The van der Waals surface area contributed by atoms with Crippen molar-refractivity contribution < 1.29 is 28.2 Å². The van der Waals surface area contributed by atoms with Gasteiger partial charge in [-0.25, -0.2) is 8.78 Å². The van der Waals surface area contributed by atoms with Crippen molar-refractivity contribution in [3.05, 3.63) is 64.9 Å². The van der Waals surface area contributed by atoms with Gasteiger partial charge in [0.25, 0.3) is 5.91 Å². The fraction of sp³-hybridized carbons (Fsp3) is 0.158. The van der Waals surface area contributed by atoms with Crippen molar-refractivity contribution >= 4 is 22.8 Å². The summed E-state index contributed by atoms with van der Waals surface area (Å²) >= 11 is 0. The van der Waals surface area contributed by atoms with Gasteiger partial charge in [-0.05, 0) is 42.8 Å². The largest absolute Gasteiger partial charge is 0.497 e. The van der Waals surface area contributed by atoms with E-state index in [1.807, 2.05) is 0 Å². The number of aromatic nitrogens is 1. The van der Waals surface area contributed by atoms with E-state index in [1.54, 1.807) is 25.1 Å². The Balaban J connectivity index is 2.31. The Bertz CT molecular complexity index is 1020. The van der Waals surface area contributed by atoms with Crippen LogP contribution in [0, 0.1) is 18.6 Å². The molecule has 134 valence electrons. The molecule has 7 heteroatoms. The maximum Gasteiger partial charge on any atom is 0.307 e. The lowest BCUT2D eigenvalue weighted by Gasteiger charge is -2.09. The molecule has 0 aliphatic heterocycles. The summed E-state index contributed by atoms with van der Waals surface area (Å²) in [6.45, 7) is 1.54. The summed E-state index contributed by atoms with van der Waals surface area (Å²) in [5.41, 5.74) is 0.359. The van der Waals surface area contributed by atoms with Crippen LogP contribution in [0.3, 0.4) is 0 Å². The molecule has 0 amide bonds. The van der Waals surface area contributed by atoms with E-state index in [2.05, 4.69) is 0 Å². The molecule has 0 saturated carbocycles. The van der Waals surface area contributed by atoms with Gasteiger partial charge in [-0.15, -0.1) is 0 Å². The van der Waals surface area contributed by atoms with Crippen LogP contribution >= 0.6 is 0 Å². The molecule has 26 heavy (non-hydrogen) atoms. The quantitative estimate of drug-likeness (QED) is 0.773. The Morgan fingerprint density at radius 2 is 1.81 bits per heavy atom. The van der Waals surface area contributed by atoms with Gasteiger partial charge in [0.15, 0.2) is 0 Å². The molecule has 0 bridgehead atoms. The first-order chi connectivity index (χ1) is 12.3. The summed E-state index contributed by atoms with van der Waals surface area (Å²) in [5.74, 6) is -3.47. The monoisotopic (exact) mass is 359 g/mol. The van der Waals surface area contributed by atoms with Crippen molar-refractivity contribution in [3.8, 4) is 5.75 Å². The molecule has 0 atom stereocenters. The SMILES string of the molecule is COc1ccc2c(c1)c(CC(=O)O)c(C)n2C(=O)c1c(F)cccc1F. The average molecular weight is 359 g/mol. The van der Waals surface area contributed by atoms with E-state index in [1.165, 1.54) is 13.2 Å². The zero-order valence-corrected chi connectivity index (χ0v) is 14.0. The summed E-state index contributed by atoms with van der Waals surface area (Å²) in [6.07, 6.45) is -0.338. The lowest BCUT2D eigenvalue weighted by atomic mass is 10.1. The second kappa shape index (κ2) is 6.59. The topological polar surface area (TPSA) is 68.5 Å². The highest BCUT2D eigenvalue weighted by atomic mass is 19.1. The first-order valence-corrected chi connectivity index (χ1v) is 7.73. The number of methoxy groups -OCH3 is 1. The molecule has 0 unspecified atom stereocenters. The number of benzene rings is 2. The van der Waals surface area contributed by atoms with Crippen LogP contribution in [0.2, 0.25) is 0 Å². The Morgan fingerprint density at radius 3 is 2.38 bits per heavy atom. The number of hydrogen-bond acceptors (Lipinski definition) is 3. The Kier molecular flexibility index (Phi) is 4.46. The number of hydrogen-bond donors (Lipinski definition) is 1. The van der Waals surface area contributed by atoms with Gasteiger partial charge in [0.1, 0.15) is 22.9 Å². The smallest absolute Gasteiger partial charge is 0.307 e. The number of carboxylic acids is 1. The molecule has 0 radical (unpaired) electrons. The number of halogens is 2. The zero-order valence-electron chi connectivity index (χ0n) is 14.0. The number of ether oxygens (including phenoxy) is 1. The van der Waals surface area contributed by atoms with Crippen LogP contribution in [0.5, 0.6) is 5.75 Å². The van der Waals surface area contributed by atoms with Crippen molar-refractivity contribution in [1.82, 2.24) is 4.57 Å². The molecule has 0 fully saturated rings.